The summed E-state index contributed by atoms with van der Waals surface area (Å²) in [5.74, 6) is -1.02. The molecule has 6 nitrogen and oxygen atoms in total. The van der Waals surface area contributed by atoms with Gasteiger partial charge in [-0.25, -0.2) is 9.59 Å². The van der Waals surface area contributed by atoms with Gasteiger partial charge in [0.2, 0.25) is 0 Å². The monoisotopic (exact) mass is 230 g/mol. The van der Waals surface area contributed by atoms with Crippen molar-refractivity contribution in [1.82, 2.24) is 10.2 Å². The number of likely N-dealkylation sites (tertiary alicyclic amines) is 1. The summed E-state index contributed by atoms with van der Waals surface area (Å²) in [5.41, 5.74) is 0. The Morgan fingerprint density at radius 3 is 2.44 bits per heavy atom. The summed E-state index contributed by atoms with van der Waals surface area (Å²) in [4.78, 5) is 23.9. The minimum atomic E-state index is -1.02. The van der Waals surface area contributed by atoms with E-state index in [1.54, 1.807) is 11.8 Å². The van der Waals surface area contributed by atoms with E-state index in [1.165, 1.54) is 0 Å². The number of nitrogens with one attached hydrogen (secondary N) is 1. The highest BCUT2D eigenvalue weighted by Crippen LogP contribution is 2.10. The molecule has 1 aliphatic rings. The Kier molecular flexibility index (Phi) is 4.54. The van der Waals surface area contributed by atoms with Crippen LogP contribution in [0.2, 0.25) is 0 Å². The van der Waals surface area contributed by atoms with Crippen molar-refractivity contribution in [3.8, 4) is 0 Å². The fourth-order valence-corrected chi connectivity index (χ4v) is 1.65. The highest BCUT2D eigenvalue weighted by Gasteiger charge is 2.24. The van der Waals surface area contributed by atoms with E-state index in [4.69, 9.17) is 5.11 Å². The third kappa shape index (κ3) is 3.37. The molecule has 16 heavy (non-hydrogen) atoms. The lowest BCUT2D eigenvalue weighted by Gasteiger charge is -2.30. The van der Waals surface area contributed by atoms with E-state index in [1.807, 2.05) is 0 Å². The second kappa shape index (κ2) is 5.69. The van der Waals surface area contributed by atoms with E-state index in [0.717, 1.165) is 0 Å². The Balaban J connectivity index is 2.42. The fraction of sp³-hybridized carbons (Fsp3) is 0.800. The Labute approximate surface area is 94.2 Å². The number of carbonyl (C=O) groups excluding carboxylic acids is 1. The van der Waals surface area contributed by atoms with Crippen LogP contribution in [0, 0.1) is 0 Å². The van der Waals surface area contributed by atoms with Crippen LogP contribution in [0.3, 0.4) is 0 Å². The maximum atomic E-state index is 11.6. The van der Waals surface area contributed by atoms with E-state index in [9.17, 15) is 14.7 Å². The first-order chi connectivity index (χ1) is 7.54. The van der Waals surface area contributed by atoms with E-state index in [2.05, 4.69) is 5.32 Å². The predicted octanol–water partition coefficient (Wildman–Crippen LogP) is 0.0159. The third-order valence-corrected chi connectivity index (χ3v) is 2.76. The number of rotatable bonds is 3. The SMILES string of the molecule is CCC(NC(=O)N1CCC(O)CC1)C(=O)O. The molecule has 0 aromatic rings. The summed E-state index contributed by atoms with van der Waals surface area (Å²) in [6, 6.07) is -1.19. The molecule has 0 radical (unpaired) electrons. The number of nitrogens with zero attached hydrogens (tertiary/aromatic N) is 1. The number of hydrogen-bond donors (Lipinski definition) is 3. The van der Waals surface area contributed by atoms with Crippen LogP contribution in [-0.4, -0.2) is 52.3 Å². The number of carbonyl (C=O) groups is 2. The topological polar surface area (TPSA) is 89.9 Å². The summed E-state index contributed by atoms with van der Waals surface area (Å²) in [7, 11) is 0. The number of aliphatic hydroxyl groups is 1. The summed E-state index contributed by atoms with van der Waals surface area (Å²) < 4.78 is 0. The molecule has 6 heteroatoms. The third-order valence-electron chi connectivity index (χ3n) is 2.76. The van der Waals surface area contributed by atoms with Crippen molar-refractivity contribution in [2.75, 3.05) is 13.1 Å². The molecule has 1 saturated heterocycles. The van der Waals surface area contributed by atoms with Crippen LogP contribution in [0.4, 0.5) is 4.79 Å². The van der Waals surface area contributed by atoms with Gasteiger partial charge < -0.3 is 20.4 Å². The van der Waals surface area contributed by atoms with Crippen molar-refractivity contribution in [1.29, 1.82) is 0 Å². The smallest absolute Gasteiger partial charge is 0.326 e. The average molecular weight is 230 g/mol. The molecule has 0 saturated carbocycles. The van der Waals surface area contributed by atoms with Crippen molar-refractivity contribution in [3.63, 3.8) is 0 Å². The van der Waals surface area contributed by atoms with Gasteiger partial charge in [-0.05, 0) is 19.3 Å². The van der Waals surface area contributed by atoms with E-state index in [-0.39, 0.29) is 12.1 Å². The number of amides is 2. The predicted molar refractivity (Wildman–Crippen MR) is 57.1 cm³/mol. The Morgan fingerprint density at radius 2 is 2.00 bits per heavy atom. The van der Waals surface area contributed by atoms with Gasteiger partial charge in [0.25, 0.3) is 0 Å². The van der Waals surface area contributed by atoms with Gasteiger partial charge in [-0.3, -0.25) is 0 Å². The first kappa shape index (κ1) is 12.8. The maximum absolute atomic E-state index is 11.6. The van der Waals surface area contributed by atoms with Gasteiger partial charge in [-0.15, -0.1) is 0 Å². The van der Waals surface area contributed by atoms with Gasteiger partial charge in [0.1, 0.15) is 6.04 Å². The molecule has 0 bridgehead atoms. The maximum Gasteiger partial charge on any atom is 0.326 e. The Morgan fingerprint density at radius 1 is 1.44 bits per heavy atom. The number of aliphatic carboxylic acids is 1. The molecule has 0 aromatic carbocycles. The zero-order chi connectivity index (χ0) is 12.1. The zero-order valence-electron chi connectivity index (χ0n) is 9.35. The largest absolute Gasteiger partial charge is 0.480 e. The highest BCUT2D eigenvalue weighted by molar-refractivity contribution is 5.82. The minimum Gasteiger partial charge on any atom is -0.480 e. The van der Waals surface area contributed by atoms with E-state index < -0.39 is 12.0 Å². The summed E-state index contributed by atoms with van der Waals surface area (Å²) in [6.07, 6.45) is 1.12. The van der Waals surface area contributed by atoms with E-state index in [0.29, 0.717) is 32.4 Å². The van der Waals surface area contributed by atoms with Gasteiger partial charge in [0.15, 0.2) is 0 Å². The summed E-state index contributed by atoms with van der Waals surface area (Å²) >= 11 is 0. The first-order valence-electron chi connectivity index (χ1n) is 5.51. The zero-order valence-corrected chi connectivity index (χ0v) is 9.35. The number of piperidine rings is 1. The van der Waals surface area contributed by atoms with Gasteiger partial charge in [0, 0.05) is 13.1 Å². The average Bonchev–Trinajstić information content (AvgIpc) is 2.26. The summed E-state index contributed by atoms with van der Waals surface area (Å²) in [5, 5.41) is 20.5. The Hall–Kier alpha value is -1.30. The number of carboxylic acid groups (broad SMARTS) is 1. The van der Waals surface area contributed by atoms with Crippen LogP contribution in [0.25, 0.3) is 0 Å². The molecule has 1 fully saturated rings. The molecule has 3 N–H and O–H groups in total. The molecule has 1 rings (SSSR count). The van der Waals surface area contributed by atoms with Crippen molar-refractivity contribution in [2.45, 2.75) is 38.3 Å². The van der Waals surface area contributed by atoms with Crippen molar-refractivity contribution >= 4 is 12.0 Å². The van der Waals surface area contributed by atoms with Crippen LogP contribution < -0.4 is 5.32 Å². The van der Waals surface area contributed by atoms with Crippen LogP contribution in [0.1, 0.15) is 26.2 Å². The van der Waals surface area contributed by atoms with Crippen molar-refractivity contribution in [3.05, 3.63) is 0 Å². The van der Waals surface area contributed by atoms with Gasteiger partial charge in [-0.2, -0.15) is 0 Å². The van der Waals surface area contributed by atoms with Gasteiger partial charge >= 0.3 is 12.0 Å². The van der Waals surface area contributed by atoms with Crippen LogP contribution in [0.5, 0.6) is 0 Å². The quantitative estimate of drug-likeness (QED) is 0.637. The highest BCUT2D eigenvalue weighted by atomic mass is 16.4. The molecule has 1 aliphatic heterocycles. The Bertz CT molecular complexity index is 262. The molecule has 92 valence electrons. The number of carboxylic acids is 1. The molecular formula is C10H18N2O4. The summed E-state index contributed by atoms with van der Waals surface area (Å²) in [6.45, 7) is 2.66. The van der Waals surface area contributed by atoms with Crippen LogP contribution in [0.15, 0.2) is 0 Å². The number of aliphatic hydroxyl groups excluding tert-OH is 1. The lowest BCUT2D eigenvalue weighted by molar-refractivity contribution is -0.139. The van der Waals surface area contributed by atoms with Crippen LogP contribution >= 0.6 is 0 Å². The first-order valence-corrected chi connectivity index (χ1v) is 5.51. The number of urea groups is 1. The normalized spacial score (nSPS) is 19.2. The van der Waals surface area contributed by atoms with Crippen LogP contribution in [-0.2, 0) is 4.79 Å². The minimum absolute atomic E-state index is 0.342. The van der Waals surface area contributed by atoms with E-state index >= 15 is 0 Å². The van der Waals surface area contributed by atoms with Crippen molar-refractivity contribution < 1.29 is 19.8 Å². The molecule has 1 unspecified atom stereocenters. The second-order valence-electron chi connectivity index (χ2n) is 3.97. The molecule has 0 spiro atoms. The van der Waals surface area contributed by atoms with Gasteiger partial charge in [0.05, 0.1) is 6.10 Å². The molecule has 0 aromatic heterocycles. The van der Waals surface area contributed by atoms with Gasteiger partial charge in [-0.1, -0.05) is 6.92 Å². The standard InChI is InChI=1S/C10H18N2O4/c1-2-8(9(14)15)11-10(16)12-5-3-7(13)4-6-12/h7-8,13H,2-6H2,1H3,(H,11,16)(H,14,15). The molecule has 0 aliphatic carbocycles. The fourth-order valence-electron chi connectivity index (χ4n) is 1.65. The molecule has 1 atom stereocenters. The molecule has 1 heterocycles. The van der Waals surface area contributed by atoms with Crippen molar-refractivity contribution in [2.24, 2.45) is 0 Å². The second-order valence-corrected chi connectivity index (χ2v) is 3.97. The molecule has 2 amide bonds. The lowest BCUT2D eigenvalue weighted by atomic mass is 10.1. The lowest BCUT2D eigenvalue weighted by Crippen LogP contribution is -2.50. The molecular weight excluding hydrogens is 212 g/mol. The number of hydrogen-bond acceptors (Lipinski definition) is 3.